The second-order valence-corrected chi connectivity index (χ2v) is 4.85. The summed E-state index contributed by atoms with van der Waals surface area (Å²) >= 11 is 5.79. The molecule has 104 valence electrons. The first kappa shape index (κ1) is 15.5. The Morgan fingerprint density at radius 3 is 2.79 bits per heavy atom. The van der Waals surface area contributed by atoms with E-state index in [4.69, 9.17) is 16.3 Å². The lowest BCUT2D eigenvalue weighted by molar-refractivity contribution is -0.384. The first-order chi connectivity index (χ1) is 8.90. The molecule has 1 aromatic rings. The number of hydrogen-bond acceptors (Lipinski definition) is 4. The monoisotopic (exact) mass is 284 g/mol. The predicted molar refractivity (Wildman–Crippen MR) is 75.9 cm³/mol. The average molecular weight is 285 g/mol. The Hall–Kier alpha value is -1.59. The molecule has 0 aliphatic carbocycles. The fourth-order valence-electron chi connectivity index (χ4n) is 1.31. The molecule has 1 N–H and O–H groups in total. The number of halogens is 1. The van der Waals surface area contributed by atoms with Crippen LogP contribution in [0.3, 0.4) is 0 Å². The minimum Gasteiger partial charge on any atom is -0.489 e. The molecule has 0 atom stereocenters. The van der Waals surface area contributed by atoms with Gasteiger partial charge in [-0.3, -0.25) is 10.1 Å². The van der Waals surface area contributed by atoms with Crippen molar-refractivity contribution in [3.05, 3.63) is 45.5 Å². The van der Waals surface area contributed by atoms with E-state index in [0.29, 0.717) is 24.9 Å². The summed E-state index contributed by atoms with van der Waals surface area (Å²) < 4.78 is 5.47. The molecule has 5 nitrogen and oxygen atoms in total. The summed E-state index contributed by atoms with van der Waals surface area (Å²) in [5.74, 6) is 0.487. The van der Waals surface area contributed by atoms with Crippen LogP contribution in [0, 0.1) is 10.1 Å². The first-order valence-corrected chi connectivity index (χ1v) is 6.24. The molecule has 0 bridgehead atoms. The quantitative estimate of drug-likeness (QED) is 0.474. The van der Waals surface area contributed by atoms with Gasteiger partial charge in [0, 0.05) is 24.7 Å². The molecule has 0 saturated carbocycles. The average Bonchev–Trinajstić information content (AvgIpc) is 2.33. The molecule has 0 aliphatic rings. The van der Waals surface area contributed by atoms with E-state index in [2.05, 4.69) is 11.9 Å². The normalized spacial score (nSPS) is 10.5. The summed E-state index contributed by atoms with van der Waals surface area (Å²) in [6.45, 7) is 8.98. The van der Waals surface area contributed by atoms with Crippen LogP contribution >= 0.6 is 11.6 Å². The molecular weight excluding hydrogens is 268 g/mol. The van der Waals surface area contributed by atoms with Gasteiger partial charge in [0.1, 0.15) is 17.4 Å². The van der Waals surface area contributed by atoms with E-state index in [1.807, 2.05) is 13.8 Å². The van der Waals surface area contributed by atoms with Crippen molar-refractivity contribution < 1.29 is 9.66 Å². The largest absolute Gasteiger partial charge is 0.489 e. The molecule has 19 heavy (non-hydrogen) atoms. The van der Waals surface area contributed by atoms with Crippen molar-refractivity contribution in [3.8, 4) is 5.75 Å². The van der Waals surface area contributed by atoms with Crippen molar-refractivity contribution in [3.63, 3.8) is 0 Å². The van der Waals surface area contributed by atoms with Crippen molar-refractivity contribution in [1.29, 1.82) is 0 Å². The van der Waals surface area contributed by atoms with Gasteiger partial charge in [-0.05, 0) is 11.6 Å². The molecule has 6 heteroatoms. The summed E-state index contributed by atoms with van der Waals surface area (Å²) in [7, 11) is 0. The van der Waals surface area contributed by atoms with Gasteiger partial charge in [0.15, 0.2) is 0 Å². The third-order valence-electron chi connectivity index (χ3n) is 2.32. The SMILES string of the molecule is C=C(CNC(C)C)COc1ccc([N+](=O)[O-])c(Cl)c1. The molecule has 1 aromatic carbocycles. The number of rotatable bonds is 7. The van der Waals surface area contributed by atoms with Gasteiger partial charge in [-0.2, -0.15) is 0 Å². The Bertz CT molecular complexity index is 475. The second kappa shape index (κ2) is 7.11. The second-order valence-electron chi connectivity index (χ2n) is 4.44. The number of nitrogens with one attached hydrogen (secondary N) is 1. The molecule has 0 unspecified atom stereocenters. The van der Waals surface area contributed by atoms with E-state index in [1.54, 1.807) is 0 Å². The van der Waals surface area contributed by atoms with E-state index in [-0.39, 0.29) is 10.7 Å². The van der Waals surface area contributed by atoms with Gasteiger partial charge < -0.3 is 10.1 Å². The molecular formula is C13H17ClN2O3. The fraction of sp³-hybridized carbons (Fsp3) is 0.385. The van der Waals surface area contributed by atoms with Crippen LogP contribution in [0.4, 0.5) is 5.69 Å². The topological polar surface area (TPSA) is 64.4 Å². The van der Waals surface area contributed by atoms with Crippen LogP contribution in [-0.4, -0.2) is 24.1 Å². The van der Waals surface area contributed by atoms with Crippen LogP contribution in [0.2, 0.25) is 5.02 Å². The lowest BCUT2D eigenvalue weighted by Crippen LogP contribution is -2.26. The van der Waals surface area contributed by atoms with E-state index in [0.717, 1.165) is 5.57 Å². The van der Waals surface area contributed by atoms with Crippen LogP contribution in [-0.2, 0) is 0 Å². The standard InChI is InChI=1S/C13H17ClN2O3/c1-9(2)15-7-10(3)8-19-11-4-5-13(16(17)18)12(14)6-11/h4-6,9,15H,3,7-8H2,1-2H3. The summed E-state index contributed by atoms with van der Waals surface area (Å²) in [5, 5.41) is 13.9. The van der Waals surface area contributed by atoms with Gasteiger partial charge in [-0.25, -0.2) is 0 Å². The van der Waals surface area contributed by atoms with Crippen molar-refractivity contribution in [2.24, 2.45) is 0 Å². The zero-order chi connectivity index (χ0) is 14.4. The Morgan fingerprint density at radius 2 is 2.26 bits per heavy atom. The third-order valence-corrected chi connectivity index (χ3v) is 2.62. The number of nitrogens with zero attached hydrogens (tertiary/aromatic N) is 1. The van der Waals surface area contributed by atoms with Crippen molar-refractivity contribution in [2.45, 2.75) is 19.9 Å². The van der Waals surface area contributed by atoms with Crippen LogP contribution in [0.5, 0.6) is 5.75 Å². The smallest absolute Gasteiger partial charge is 0.288 e. The predicted octanol–water partition coefficient (Wildman–Crippen LogP) is 3.18. The molecule has 0 radical (unpaired) electrons. The molecule has 0 aromatic heterocycles. The molecule has 0 aliphatic heterocycles. The van der Waals surface area contributed by atoms with Gasteiger partial charge in [0.2, 0.25) is 0 Å². The van der Waals surface area contributed by atoms with Gasteiger partial charge in [-0.1, -0.05) is 32.0 Å². The van der Waals surface area contributed by atoms with Crippen LogP contribution < -0.4 is 10.1 Å². The first-order valence-electron chi connectivity index (χ1n) is 5.87. The number of benzene rings is 1. The fourth-order valence-corrected chi connectivity index (χ4v) is 1.55. The summed E-state index contributed by atoms with van der Waals surface area (Å²) in [6, 6.07) is 4.66. The summed E-state index contributed by atoms with van der Waals surface area (Å²) in [5.41, 5.74) is 0.762. The highest BCUT2D eigenvalue weighted by molar-refractivity contribution is 6.32. The highest BCUT2D eigenvalue weighted by atomic mass is 35.5. The van der Waals surface area contributed by atoms with E-state index in [1.165, 1.54) is 18.2 Å². The minimum absolute atomic E-state index is 0.0633. The highest BCUT2D eigenvalue weighted by Gasteiger charge is 2.12. The van der Waals surface area contributed by atoms with Crippen LogP contribution in [0.15, 0.2) is 30.4 Å². The molecule has 0 amide bonds. The van der Waals surface area contributed by atoms with E-state index in [9.17, 15) is 10.1 Å². The van der Waals surface area contributed by atoms with Gasteiger partial charge in [0.05, 0.1) is 4.92 Å². The summed E-state index contributed by atoms with van der Waals surface area (Å²) in [6.07, 6.45) is 0. The van der Waals surface area contributed by atoms with Crippen molar-refractivity contribution >= 4 is 17.3 Å². The number of ether oxygens (including phenoxy) is 1. The van der Waals surface area contributed by atoms with E-state index >= 15 is 0 Å². The number of nitro groups is 1. The zero-order valence-electron chi connectivity index (χ0n) is 11.0. The van der Waals surface area contributed by atoms with E-state index < -0.39 is 4.92 Å². The third kappa shape index (κ3) is 5.28. The molecule has 0 saturated heterocycles. The number of hydrogen-bond donors (Lipinski definition) is 1. The minimum atomic E-state index is -0.530. The lowest BCUT2D eigenvalue weighted by Gasteiger charge is -2.11. The maximum atomic E-state index is 10.6. The molecule has 0 heterocycles. The van der Waals surface area contributed by atoms with Gasteiger partial charge in [-0.15, -0.1) is 0 Å². The van der Waals surface area contributed by atoms with Crippen molar-refractivity contribution in [1.82, 2.24) is 5.32 Å². The highest BCUT2D eigenvalue weighted by Crippen LogP contribution is 2.28. The summed E-state index contributed by atoms with van der Waals surface area (Å²) in [4.78, 5) is 10.1. The van der Waals surface area contributed by atoms with Gasteiger partial charge in [0.25, 0.3) is 5.69 Å². The molecule has 0 spiro atoms. The maximum absolute atomic E-state index is 10.6. The Labute approximate surface area is 117 Å². The van der Waals surface area contributed by atoms with Crippen LogP contribution in [0.25, 0.3) is 0 Å². The van der Waals surface area contributed by atoms with Crippen LogP contribution in [0.1, 0.15) is 13.8 Å². The van der Waals surface area contributed by atoms with Crippen molar-refractivity contribution in [2.75, 3.05) is 13.2 Å². The molecule has 1 rings (SSSR count). The maximum Gasteiger partial charge on any atom is 0.288 e. The molecule has 0 fully saturated rings. The Morgan fingerprint density at radius 1 is 1.58 bits per heavy atom. The zero-order valence-corrected chi connectivity index (χ0v) is 11.7. The lowest BCUT2D eigenvalue weighted by atomic mass is 10.3. The number of nitro benzene ring substituents is 1. The Kier molecular flexibility index (Phi) is 5.79. The Balaban J connectivity index is 2.52. The van der Waals surface area contributed by atoms with Gasteiger partial charge >= 0.3 is 0 Å².